The summed E-state index contributed by atoms with van der Waals surface area (Å²) in [6, 6.07) is 14.4. The Balaban J connectivity index is 1.79. The molecule has 0 spiro atoms. The van der Waals surface area contributed by atoms with E-state index >= 15 is 0 Å². The Bertz CT molecular complexity index is 1060. The SMILES string of the molecule is FC(F)(F)c1cccc(Oc2ncnc3scc(-c4ccccc4)c23)c1. The van der Waals surface area contributed by atoms with Crippen molar-refractivity contribution in [1.29, 1.82) is 0 Å². The van der Waals surface area contributed by atoms with E-state index in [1.807, 2.05) is 35.7 Å². The number of ether oxygens (including phenoxy) is 1. The summed E-state index contributed by atoms with van der Waals surface area (Å²) in [5.41, 5.74) is 1.07. The molecule has 7 heteroatoms. The molecule has 0 radical (unpaired) electrons. The predicted molar refractivity (Wildman–Crippen MR) is 94.4 cm³/mol. The number of thiophene rings is 1. The zero-order chi connectivity index (χ0) is 18.1. The third-order valence-corrected chi connectivity index (χ3v) is 4.68. The molecule has 26 heavy (non-hydrogen) atoms. The van der Waals surface area contributed by atoms with Gasteiger partial charge in [-0.15, -0.1) is 11.3 Å². The summed E-state index contributed by atoms with van der Waals surface area (Å²) in [4.78, 5) is 9.09. The van der Waals surface area contributed by atoms with E-state index in [0.717, 1.165) is 23.3 Å². The van der Waals surface area contributed by atoms with E-state index in [0.29, 0.717) is 10.2 Å². The lowest BCUT2D eigenvalue weighted by atomic mass is 10.1. The molecule has 0 saturated heterocycles. The minimum atomic E-state index is -4.43. The quantitative estimate of drug-likeness (QED) is 0.431. The standard InChI is InChI=1S/C19H11F3N2OS/c20-19(21,22)13-7-4-8-14(9-13)25-17-16-15(12-5-2-1-3-6-12)10-26-18(16)24-11-23-17/h1-11H. The lowest BCUT2D eigenvalue weighted by Gasteiger charge is -2.10. The molecule has 2 heterocycles. The van der Waals surface area contributed by atoms with Crippen molar-refractivity contribution in [3.8, 4) is 22.8 Å². The maximum Gasteiger partial charge on any atom is 0.416 e. The van der Waals surface area contributed by atoms with Gasteiger partial charge in [0.15, 0.2) is 0 Å². The van der Waals surface area contributed by atoms with Gasteiger partial charge in [0.1, 0.15) is 16.9 Å². The van der Waals surface area contributed by atoms with Crippen molar-refractivity contribution >= 4 is 21.6 Å². The molecule has 0 aliphatic rings. The van der Waals surface area contributed by atoms with E-state index in [2.05, 4.69) is 9.97 Å². The molecule has 4 rings (SSSR count). The molecule has 0 unspecified atom stereocenters. The zero-order valence-corrected chi connectivity index (χ0v) is 14.0. The van der Waals surface area contributed by atoms with Crippen molar-refractivity contribution in [3.63, 3.8) is 0 Å². The number of alkyl halides is 3. The Labute approximate surface area is 150 Å². The van der Waals surface area contributed by atoms with Gasteiger partial charge in [0, 0.05) is 10.9 Å². The summed E-state index contributed by atoms with van der Waals surface area (Å²) < 4.78 is 44.5. The first-order valence-electron chi connectivity index (χ1n) is 7.65. The molecule has 0 saturated carbocycles. The molecule has 3 nitrogen and oxygen atoms in total. The Morgan fingerprint density at radius 3 is 2.50 bits per heavy atom. The highest BCUT2D eigenvalue weighted by atomic mass is 32.1. The van der Waals surface area contributed by atoms with Crippen LogP contribution in [0.15, 0.2) is 66.3 Å². The van der Waals surface area contributed by atoms with Gasteiger partial charge in [0.05, 0.1) is 10.9 Å². The van der Waals surface area contributed by atoms with Crippen molar-refractivity contribution in [2.24, 2.45) is 0 Å². The van der Waals surface area contributed by atoms with Gasteiger partial charge < -0.3 is 4.74 Å². The first-order valence-corrected chi connectivity index (χ1v) is 8.53. The molecule has 4 aromatic rings. The molecule has 130 valence electrons. The molecule has 2 aromatic heterocycles. The monoisotopic (exact) mass is 372 g/mol. The van der Waals surface area contributed by atoms with Crippen LogP contribution >= 0.6 is 11.3 Å². The summed E-state index contributed by atoms with van der Waals surface area (Å²) in [5.74, 6) is 0.305. The summed E-state index contributed by atoms with van der Waals surface area (Å²) in [5, 5.41) is 2.62. The molecule has 0 N–H and O–H groups in total. The van der Waals surface area contributed by atoms with E-state index in [9.17, 15) is 13.2 Å². The second-order valence-corrected chi connectivity index (χ2v) is 6.36. The third-order valence-electron chi connectivity index (χ3n) is 3.80. The number of hydrogen-bond acceptors (Lipinski definition) is 4. The topological polar surface area (TPSA) is 35.0 Å². The number of halogens is 3. The van der Waals surface area contributed by atoms with Gasteiger partial charge in [-0.3, -0.25) is 0 Å². The number of benzene rings is 2. The van der Waals surface area contributed by atoms with Crippen LogP contribution in [-0.2, 0) is 6.18 Å². The molecule has 0 amide bonds. The van der Waals surface area contributed by atoms with Crippen LogP contribution in [0.4, 0.5) is 13.2 Å². The third kappa shape index (κ3) is 3.13. The van der Waals surface area contributed by atoms with E-state index in [1.165, 1.54) is 29.8 Å². The smallest absolute Gasteiger partial charge is 0.416 e. The molecule has 0 aliphatic carbocycles. The maximum atomic E-state index is 12.9. The fourth-order valence-electron chi connectivity index (χ4n) is 2.60. The highest BCUT2D eigenvalue weighted by Gasteiger charge is 2.30. The van der Waals surface area contributed by atoms with Crippen LogP contribution in [0, 0.1) is 0 Å². The normalized spacial score (nSPS) is 11.7. The summed E-state index contributed by atoms with van der Waals surface area (Å²) >= 11 is 1.43. The van der Waals surface area contributed by atoms with Gasteiger partial charge in [-0.25, -0.2) is 9.97 Å². The zero-order valence-electron chi connectivity index (χ0n) is 13.2. The highest BCUT2D eigenvalue weighted by Crippen LogP contribution is 2.39. The van der Waals surface area contributed by atoms with Crippen molar-refractivity contribution in [3.05, 3.63) is 71.9 Å². The van der Waals surface area contributed by atoms with Gasteiger partial charge in [0.2, 0.25) is 5.88 Å². The first-order chi connectivity index (χ1) is 12.5. The lowest BCUT2D eigenvalue weighted by Crippen LogP contribution is -2.04. The first kappa shape index (κ1) is 16.5. The van der Waals surface area contributed by atoms with Crippen LogP contribution in [0.1, 0.15) is 5.56 Å². The average molecular weight is 372 g/mol. The Morgan fingerprint density at radius 2 is 1.73 bits per heavy atom. The van der Waals surface area contributed by atoms with Crippen LogP contribution in [0.3, 0.4) is 0 Å². The Hall–Kier alpha value is -2.93. The number of rotatable bonds is 3. The van der Waals surface area contributed by atoms with Crippen LogP contribution in [0.5, 0.6) is 11.6 Å². The highest BCUT2D eigenvalue weighted by molar-refractivity contribution is 7.17. The lowest BCUT2D eigenvalue weighted by molar-refractivity contribution is -0.137. The largest absolute Gasteiger partial charge is 0.438 e. The average Bonchev–Trinajstić information content (AvgIpc) is 3.07. The summed E-state index contributed by atoms with van der Waals surface area (Å²) in [7, 11) is 0. The van der Waals surface area contributed by atoms with Gasteiger partial charge in [0.25, 0.3) is 0 Å². The maximum absolute atomic E-state index is 12.9. The molecule has 2 aromatic carbocycles. The molecule has 0 fully saturated rings. The Morgan fingerprint density at radius 1 is 0.923 bits per heavy atom. The summed E-state index contributed by atoms with van der Waals surface area (Å²) in [6.45, 7) is 0. The van der Waals surface area contributed by atoms with Gasteiger partial charge in [-0.05, 0) is 23.8 Å². The molecular weight excluding hydrogens is 361 g/mol. The van der Waals surface area contributed by atoms with Crippen molar-refractivity contribution < 1.29 is 17.9 Å². The number of aromatic nitrogens is 2. The predicted octanol–water partition coefficient (Wildman–Crippen LogP) is 6.17. The second kappa shape index (κ2) is 6.42. The molecule has 0 bridgehead atoms. The fraction of sp³-hybridized carbons (Fsp3) is 0.0526. The Kier molecular flexibility index (Phi) is 4.08. The molecule has 0 aliphatic heterocycles. The van der Waals surface area contributed by atoms with E-state index < -0.39 is 11.7 Å². The number of fused-ring (bicyclic) bond motifs is 1. The van der Waals surface area contributed by atoms with Crippen molar-refractivity contribution in [2.75, 3.05) is 0 Å². The molecular formula is C19H11F3N2OS. The number of nitrogens with zero attached hydrogens (tertiary/aromatic N) is 2. The van der Waals surface area contributed by atoms with Crippen molar-refractivity contribution in [1.82, 2.24) is 9.97 Å². The van der Waals surface area contributed by atoms with E-state index in [4.69, 9.17) is 4.74 Å². The van der Waals surface area contributed by atoms with Crippen LogP contribution in [-0.4, -0.2) is 9.97 Å². The minimum Gasteiger partial charge on any atom is -0.438 e. The van der Waals surface area contributed by atoms with Crippen molar-refractivity contribution in [2.45, 2.75) is 6.18 Å². The fourth-order valence-corrected chi connectivity index (χ4v) is 3.51. The van der Waals surface area contributed by atoms with E-state index in [1.54, 1.807) is 0 Å². The van der Waals surface area contributed by atoms with Gasteiger partial charge in [-0.2, -0.15) is 13.2 Å². The van der Waals surface area contributed by atoms with Crippen LogP contribution in [0.2, 0.25) is 0 Å². The van der Waals surface area contributed by atoms with Gasteiger partial charge in [-0.1, -0.05) is 36.4 Å². The second-order valence-electron chi connectivity index (χ2n) is 5.50. The van der Waals surface area contributed by atoms with E-state index in [-0.39, 0.29) is 11.6 Å². The summed E-state index contributed by atoms with van der Waals surface area (Å²) in [6.07, 6.45) is -3.09. The minimum absolute atomic E-state index is 0.0741. The van der Waals surface area contributed by atoms with Gasteiger partial charge >= 0.3 is 6.18 Å². The molecule has 0 atom stereocenters. The van der Waals surface area contributed by atoms with Crippen LogP contribution in [0.25, 0.3) is 21.3 Å². The van der Waals surface area contributed by atoms with Crippen LogP contribution < -0.4 is 4.74 Å². The number of hydrogen-bond donors (Lipinski definition) is 0.